The number of halogens is 1. The van der Waals surface area contributed by atoms with Gasteiger partial charge in [0.05, 0.1) is 12.0 Å². The third kappa shape index (κ3) is 2.31. The molecule has 1 N–H and O–H groups in total. The first-order valence-corrected chi connectivity index (χ1v) is 8.47. The van der Waals surface area contributed by atoms with Crippen LogP contribution < -0.4 is 10.4 Å². The van der Waals surface area contributed by atoms with E-state index in [0.29, 0.717) is 11.8 Å². The van der Waals surface area contributed by atoms with Crippen LogP contribution in [0, 0.1) is 12.8 Å². The van der Waals surface area contributed by atoms with Crippen molar-refractivity contribution in [3.8, 4) is 0 Å². The van der Waals surface area contributed by atoms with Crippen molar-refractivity contribution in [2.24, 2.45) is 5.92 Å². The first-order valence-electron chi connectivity index (χ1n) is 8.10. The van der Waals surface area contributed by atoms with E-state index >= 15 is 0 Å². The smallest absolute Gasteiger partial charge is 0.0715 e. The van der Waals surface area contributed by atoms with Gasteiger partial charge in [0.25, 0.3) is 0 Å². The van der Waals surface area contributed by atoms with Crippen molar-refractivity contribution < 1.29 is 9.90 Å². The molecule has 2 aromatic rings. The van der Waals surface area contributed by atoms with Crippen molar-refractivity contribution in [3.63, 3.8) is 0 Å². The van der Waals surface area contributed by atoms with E-state index in [4.69, 9.17) is 11.6 Å². The molecule has 3 atom stereocenters. The molecule has 24 heavy (non-hydrogen) atoms. The van der Waals surface area contributed by atoms with Gasteiger partial charge in [-0.25, -0.2) is 0 Å². The first kappa shape index (κ1) is 15.3. The molecule has 4 rings (SSSR count). The summed E-state index contributed by atoms with van der Waals surface area (Å²) in [6.07, 6.45) is 5.44. The summed E-state index contributed by atoms with van der Waals surface area (Å²) in [5, 5.41) is 15.4. The minimum Gasteiger partial charge on any atom is -0.545 e. The number of anilines is 1. The molecule has 122 valence electrons. The van der Waals surface area contributed by atoms with E-state index in [2.05, 4.69) is 24.4 Å². The Labute approximate surface area is 146 Å². The van der Waals surface area contributed by atoms with Gasteiger partial charge in [-0.3, -0.25) is 0 Å². The van der Waals surface area contributed by atoms with E-state index in [1.807, 2.05) is 24.3 Å². The van der Waals surface area contributed by atoms with Crippen LogP contribution in [-0.4, -0.2) is 5.97 Å². The molecule has 0 amide bonds. The highest BCUT2D eigenvalue weighted by molar-refractivity contribution is 6.32. The number of benzene rings is 2. The summed E-state index contributed by atoms with van der Waals surface area (Å²) in [5.74, 6) is -0.475. The van der Waals surface area contributed by atoms with Crippen LogP contribution in [0.3, 0.4) is 0 Å². The van der Waals surface area contributed by atoms with Crippen LogP contribution >= 0.6 is 11.6 Å². The molecule has 0 bridgehead atoms. The van der Waals surface area contributed by atoms with Crippen LogP contribution in [-0.2, 0) is 0 Å². The average Bonchev–Trinajstić information content (AvgIpc) is 3.07. The Balaban J connectivity index is 1.78. The molecular formula is C20H17ClNO2-. The Morgan fingerprint density at radius 2 is 1.96 bits per heavy atom. The third-order valence-electron chi connectivity index (χ3n) is 5.18. The standard InChI is InChI=1S/C20H18ClNO2/c1-11-5-10-16(21)17-14-3-2-4-15(14)19(22-18(11)17)12-6-8-13(9-7-12)20(23)24/h2-3,5-10,14-15,19,22H,4H2,1H3,(H,23,24)/p-1/t14-,15+,19-/m0/s1. The third-order valence-corrected chi connectivity index (χ3v) is 5.51. The highest BCUT2D eigenvalue weighted by atomic mass is 35.5. The Morgan fingerprint density at radius 3 is 2.67 bits per heavy atom. The number of allylic oxidation sites excluding steroid dienone is 2. The highest BCUT2D eigenvalue weighted by Gasteiger charge is 2.39. The number of carboxylic acids is 1. The quantitative estimate of drug-likeness (QED) is 0.846. The first-order chi connectivity index (χ1) is 11.6. The van der Waals surface area contributed by atoms with Crippen LogP contribution in [0.2, 0.25) is 5.02 Å². The Bertz CT molecular complexity index is 841. The lowest BCUT2D eigenvalue weighted by atomic mass is 9.76. The topological polar surface area (TPSA) is 52.2 Å². The SMILES string of the molecule is Cc1ccc(Cl)c2c1N[C@@H](c1ccc(C(=O)[O-])cc1)[C@@H]1CC=C[C@H]21. The number of nitrogens with one attached hydrogen (secondary N) is 1. The number of aromatic carboxylic acids is 1. The van der Waals surface area contributed by atoms with Gasteiger partial charge >= 0.3 is 0 Å². The second-order valence-corrected chi connectivity index (χ2v) is 6.95. The van der Waals surface area contributed by atoms with E-state index in [0.717, 1.165) is 22.7 Å². The van der Waals surface area contributed by atoms with E-state index < -0.39 is 5.97 Å². The average molecular weight is 339 g/mol. The summed E-state index contributed by atoms with van der Waals surface area (Å²) < 4.78 is 0. The normalized spacial score (nSPS) is 24.2. The fourth-order valence-electron chi connectivity index (χ4n) is 3.97. The van der Waals surface area contributed by atoms with Crippen molar-refractivity contribution >= 4 is 23.3 Å². The van der Waals surface area contributed by atoms with Crippen molar-refractivity contribution in [3.05, 3.63) is 75.8 Å². The van der Waals surface area contributed by atoms with Gasteiger partial charge in [0.15, 0.2) is 0 Å². The van der Waals surface area contributed by atoms with Gasteiger partial charge in [-0.15, -0.1) is 0 Å². The zero-order valence-electron chi connectivity index (χ0n) is 13.3. The molecule has 0 spiro atoms. The van der Waals surface area contributed by atoms with Crippen LogP contribution in [0.4, 0.5) is 5.69 Å². The van der Waals surface area contributed by atoms with E-state index in [-0.39, 0.29) is 11.6 Å². The minimum atomic E-state index is -1.15. The fourth-order valence-corrected chi connectivity index (χ4v) is 4.25. The zero-order valence-corrected chi connectivity index (χ0v) is 14.0. The molecule has 0 unspecified atom stereocenters. The number of carboxylic acid groups (broad SMARTS) is 1. The number of aryl methyl sites for hydroxylation is 1. The lowest BCUT2D eigenvalue weighted by Crippen LogP contribution is -2.30. The summed E-state index contributed by atoms with van der Waals surface area (Å²) in [6.45, 7) is 2.08. The molecule has 0 aromatic heterocycles. The zero-order chi connectivity index (χ0) is 16.8. The monoisotopic (exact) mass is 338 g/mol. The van der Waals surface area contributed by atoms with Gasteiger partial charge in [0.1, 0.15) is 0 Å². The molecule has 1 aliphatic heterocycles. The summed E-state index contributed by atoms with van der Waals surface area (Å²) >= 11 is 6.48. The molecule has 2 aliphatic rings. The second kappa shape index (κ2) is 5.67. The molecule has 0 saturated carbocycles. The number of hydrogen-bond acceptors (Lipinski definition) is 3. The summed E-state index contributed by atoms with van der Waals surface area (Å²) in [5.41, 5.74) is 4.74. The van der Waals surface area contributed by atoms with Crippen molar-refractivity contribution in [2.45, 2.75) is 25.3 Å². The molecule has 0 saturated heterocycles. The molecule has 1 aliphatic carbocycles. The van der Waals surface area contributed by atoms with Crippen molar-refractivity contribution in [2.75, 3.05) is 5.32 Å². The molecule has 4 heteroatoms. The Morgan fingerprint density at radius 1 is 1.21 bits per heavy atom. The van der Waals surface area contributed by atoms with Gasteiger partial charge in [-0.05, 0) is 42.0 Å². The molecule has 1 heterocycles. The Hall–Kier alpha value is -2.26. The maximum Gasteiger partial charge on any atom is 0.0715 e. The Kier molecular flexibility index (Phi) is 3.61. The van der Waals surface area contributed by atoms with Crippen LogP contribution in [0.1, 0.15) is 45.4 Å². The van der Waals surface area contributed by atoms with E-state index in [9.17, 15) is 9.90 Å². The summed E-state index contributed by atoms with van der Waals surface area (Å²) in [4.78, 5) is 11.0. The van der Waals surface area contributed by atoms with Gasteiger partial charge in [0.2, 0.25) is 0 Å². The molecule has 0 radical (unpaired) electrons. The highest BCUT2D eigenvalue weighted by Crippen LogP contribution is 2.52. The predicted molar refractivity (Wildman–Crippen MR) is 93.3 cm³/mol. The molecular weight excluding hydrogens is 322 g/mol. The number of hydrogen-bond donors (Lipinski definition) is 1. The summed E-state index contributed by atoms with van der Waals surface area (Å²) in [6, 6.07) is 11.1. The lowest BCUT2D eigenvalue weighted by molar-refractivity contribution is -0.255. The maximum atomic E-state index is 11.0. The minimum absolute atomic E-state index is 0.130. The van der Waals surface area contributed by atoms with E-state index in [1.54, 1.807) is 12.1 Å². The maximum absolute atomic E-state index is 11.0. The molecule has 3 nitrogen and oxygen atoms in total. The number of fused-ring (bicyclic) bond motifs is 3. The van der Waals surface area contributed by atoms with Gasteiger partial charge in [-0.1, -0.05) is 54.1 Å². The summed E-state index contributed by atoms with van der Waals surface area (Å²) in [7, 11) is 0. The van der Waals surface area contributed by atoms with Crippen LogP contribution in [0.15, 0.2) is 48.6 Å². The van der Waals surface area contributed by atoms with Crippen LogP contribution in [0.5, 0.6) is 0 Å². The van der Waals surface area contributed by atoms with Crippen molar-refractivity contribution in [1.82, 2.24) is 0 Å². The van der Waals surface area contributed by atoms with Crippen molar-refractivity contribution in [1.29, 1.82) is 0 Å². The lowest BCUT2D eigenvalue weighted by Gasteiger charge is -2.38. The predicted octanol–water partition coefficient (Wildman–Crippen LogP) is 3.84. The number of carbonyl (C=O) groups excluding carboxylic acids is 1. The molecule has 2 aromatic carbocycles. The van der Waals surface area contributed by atoms with Gasteiger partial charge in [0, 0.05) is 22.2 Å². The fraction of sp³-hybridized carbons (Fsp3) is 0.250. The second-order valence-electron chi connectivity index (χ2n) is 6.54. The van der Waals surface area contributed by atoms with Crippen LogP contribution in [0.25, 0.3) is 0 Å². The molecule has 0 fully saturated rings. The van der Waals surface area contributed by atoms with E-state index in [1.165, 1.54) is 11.1 Å². The van der Waals surface area contributed by atoms with Gasteiger partial charge < -0.3 is 15.2 Å². The number of carbonyl (C=O) groups is 1. The van der Waals surface area contributed by atoms with Gasteiger partial charge in [-0.2, -0.15) is 0 Å². The largest absolute Gasteiger partial charge is 0.545 e. The number of rotatable bonds is 2.